The summed E-state index contributed by atoms with van der Waals surface area (Å²) >= 11 is 0. The molecule has 1 aliphatic rings. The molecule has 0 spiro atoms. The highest BCUT2D eigenvalue weighted by Crippen LogP contribution is 2.33. The molecule has 1 fully saturated rings. The van der Waals surface area contributed by atoms with Crippen LogP contribution in [0.4, 0.5) is 10.3 Å². The Morgan fingerprint density at radius 1 is 1.10 bits per heavy atom. The molecule has 1 aliphatic carbocycles. The number of aryl methyl sites for hydroxylation is 1. The van der Waals surface area contributed by atoms with Gasteiger partial charge in [0.25, 0.3) is 0 Å². The fourth-order valence-electron chi connectivity index (χ4n) is 3.66. The maximum atomic E-state index is 13.5. The van der Waals surface area contributed by atoms with Crippen LogP contribution in [0.5, 0.6) is 0 Å². The number of hydrogen-bond donors (Lipinski definition) is 1. The molecule has 1 aromatic carbocycles. The van der Waals surface area contributed by atoms with E-state index in [4.69, 9.17) is 9.97 Å². The molecule has 5 rings (SSSR count). The number of anilines is 1. The molecule has 4 aromatic rings. The molecule has 6 heteroatoms. The monoisotopic (exact) mass is 387 g/mol. The van der Waals surface area contributed by atoms with E-state index in [0.29, 0.717) is 12.0 Å². The van der Waals surface area contributed by atoms with Gasteiger partial charge in [-0.2, -0.15) is 0 Å². The number of nitrogens with one attached hydrogen (secondary N) is 1. The van der Waals surface area contributed by atoms with Crippen molar-refractivity contribution in [2.45, 2.75) is 38.6 Å². The van der Waals surface area contributed by atoms with Gasteiger partial charge in [-0.15, -0.1) is 0 Å². The van der Waals surface area contributed by atoms with E-state index in [1.165, 1.54) is 24.1 Å². The fraction of sp³-hybridized carbons (Fsp3) is 0.261. The van der Waals surface area contributed by atoms with Gasteiger partial charge in [-0.25, -0.2) is 19.3 Å². The van der Waals surface area contributed by atoms with E-state index in [1.807, 2.05) is 16.7 Å². The van der Waals surface area contributed by atoms with Crippen LogP contribution in [-0.4, -0.2) is 25.4 Å². The third-order valence-electron chi connectivity index (χ3n) is 5.55. The first kappa shape index (κ1) is 17.8. The van der Waals surface area contributed by atoms with Gasteiger partial charge in [0.2, 0.25) is 5.95 Å². The highest BCUT2D eigenvalue weighted by Gasteiger charge is 2.20. The summed E-state index contributed by atoms with van der Waals surface area (Å²) in [4.78, 5) is 14.0. The van der Waals surface area contributed by atoms with E-state index in [0.717, 1.165) is 47.6 Å². The second-order valence-corrected chi connectivity index (χ2v) is 7.47. The number of rotatable bonds is 5. The first-order valence-electron chi connectivity index (χ1n) is 10.1. The summed E-state index contributed by atoms with van der Waals surface area (Å²) in [6.45, 7) is 2.12. The lowest BCUT2D eigenvalue weighted by molar-refractivity contribution is 0.443. The Labute approximate surface area is 168 Å². The Morgan fingerprint density at radius 3 is 2.66 bits per heavy atom. The molecule has 3 heterocycles. The summed E-state index contributed by atoms with van der Waals surface area (Å²) in [5.41, 5.74) is 5.38. The van der Waals surface area contributed by atoms with Crippen molar-refractivity contribution in [3.8, 4) is 22.6 Å². The zero-order valence-corrected chi connectivity index (χ0v) is 16.3. The summed E-state index contributed by atoms with van der Waals surface area (Å²) < 4.78 is 15.5. The molecule has 5 nitrogen and oxygen atoms in total. The number of nitrogens with zero attached hydrogens (tertiary/aromatic N) is 4. The van der Waals surface area contributed by atoms with Crippen molar-refractivity contribution in [1.29, 1.82) is 0 Å². The SMILES string of the molecule is CCc1ccn2c(-c3ccnc(NC4CCC4)n3)c(-c3ccc(F)cc3)nc2c1. The Hall–Kier alpha value is -3.28. The van der Waals surface area contributed by atoms with E-state index < -0.39 is 0 Å². The van der Waals surface area contributed by atoms with Gasteiger partial charge in [0.15, 0.2) is 0 Å². The van der Waals surface area contributed by atoms with Crippen LogP contribution in [0.3, 0.4) is 0 Å². The molecule has 0 aliphatic heterocycles. The molecule has 29 heavy (non-hydrogen) atoms. The lowest BCUT2D eigenvalue weighted by Gasteiger charge is -2.26. The molecule has 1 saturated carbocycles. The Bertz CT molecular complexity index is 1160. The molecule has 146 valence electrons. The second kappa shape index (κ2) is 7.28. The Morgan fingerprint density at radius 2 is 1.93 bits per heavy atom. The smallest absolute Gasteiger partial charge is 0.223 e. The molecule has 0 unspecified atom stereocenters. The minimum Gasteiger partial charge on any atom is -0.351 e. The van der Waals surface area contributed by atoms with Crippen LogP contribution in [0.25, 0.3) is 28.3 Å². The third kappa shape index (κ3) is 3.35. The van der Waals surface area contributed by atoms with E-state index in [2.05, 4.69) is 29.4 Å². The topological polar surface area (TPSA) is 55.1 Å². The zero-order chi connectivity index (χ0) is 19.8. The summed E-state index contributed by atoms with van der Waals surface area (Å²) in [6.07, 6.45) is 8.31. The molecular weight excluding hydrogens is 365 g/mol. The van der Waals surface area contributed by atoms with Gasteiger partial charge in [0, 0.05) is 24.0 Å². The molecule has 0 bridgehead atoms. The van der Waals surface area contributed by atoms with Gasteiger partial charge in [-0.05, 0) is 73.7 Å². The highest BCUT2D eigenvalue weighted by atomic mass is 19.1. The van der Waals surface area contributed by atoms with Crippen LogP contribution >= 0.6 is 0 Å². The predicted molar refractivity (Wildman–Crippen MR) is 112 cm³/mol. The largest absolute Gasteiger partial charge is 0.351 e. The lowest BCUT2D eigenvalue weighted by Crippen LogP contribution is -2.28. The van der Waals surface area contributed by atoms with Crippen LogP contribution < -0.4 is 5.32 Å². The number of aromatic nitrogens is 4. The van der Waals surface area contributed by atoms with Crippen molar-refractivity contribution in [2.75, 3.05) is 5.32 Å². The standard InChI is InChI=1S/C23H22FN5/c1-2-15-11-13-29-20(14-15)28-21(16-6-8-17(24)9-7-16)22(29)19-10-12-25-23(27-19)26-18-4-3-5-18/h6-14,18H,2-5H2,1H3,(H,25,26,27). The van der Waals surface area contributed by atoms with Crippen LogP contribution in [0.2, 0.25) is 0 Å². The first-order chi connectivity index (χ1) is 14.2. The van der Waals surface area contributed by atoms with Gasteiger partial charge in [0.05, 0.1) is 17.1 Å². The van der Waals surface area contributed by atoms with Gasteiger partial charge in [0.1, 0.15) is 11.5 Å². The van der Waals surface area contributed by atoms with Crippen molar-refractivity contribution in [1.82, 2.24) is 19.4 Å². The third-order valence-corrected chi connectivity index (χ3v) is 5.55. The van der Waals surface area contributed by atoms with Crippen molar-refractivity contribution in [3.05, 3.63) is 66.2 Å². The van der Waals surface area contributed by atoms with Crippen LogP contribution in [-0.2, 0) is 6.42 Å². The van der Waals surface area contributed by atoms with Gasteiger partial charge in [-0.1, -0.05) is 6.92 Å². The number of hydrogen-bond acceptors (Lipinski definition) is 4. The maximum absolute atomic E-state index is 13.5. The van der Waals surface area contributed by atoms with E-state index in [-0.39, 0.29) is 5.82 Å². The highest BCUT2D eigenvalue weighted by molar-refractivity contribution is 5.80. The normalized spacial score (nSPS) is 14.1. The van der Waals surface area contributed by atoms with Crippen LogP contribution in [0.1, 0.15) is 31.7 Å². The number of imidazole rings is 1. The van der Waals surface area contributed by atoms with Crippen molar-refractivity contribution >= 4 is 11.6 Å². The Balaban J connectivity index is 1.67. The average Bonchev–Trinajstić information content (AvgIpc) is 3.10. The first-order valence-corrected chi connectivity index (χ1v) is 10.1. The van der Waals surface area contributed by atoms with Gasteiger partial charge >= 0.3 is 0 Å². The quantitative estimate of drug-likeness (QED) is 0.516. The molecular formula is C23H22FN5. The zero-order valence-electron chi connectivity index (χ0n) is 16.3. The molecule has 0 atom stereocenters. The van der Waals surface area contributed by atoms with Gasteiger partial charge < -0.3 is 5.32 Å². The number of halogens is 1. The van der Waals surface area contributed by atoms with Crippen molar-refractivity contribution in [2.24, 2.45) is 0 Å². The van der Waals surface area contributed by atoms with E-state index >= 15 is 0 Å². The fourth-order valence-corrected chi connectivity index (χ4v) is 3.66. The summed E-state index contributed by atoms with van der Waals surface area (Å²) in [6, 6.07) is 13.0. The average molecular weight is 387 g/mol. The molecule has 0 radical (unpaired) electrons. The number of pyridine rings is 1. The molecule has 0 saturated heterocycles. The Kier molecular flexibility index (Phi) is 4.46. The van der Waals surface area contributed by atoms with Crippen molar-refractivity contribution in [3.63, 3.8) is 0 Å². The minimum absolute atomic E-state index is 0.263. The number of benzene rings is 1. The van der Waals surface area contributed by atoms with Crippen LogP contribution in [0, 0.1) is 5.82 Å². The lowest BCUT2D eigenvalue weighted by atomic mass is 9.93. The molecule has 1 N–H and O–H groups in total. The van der Waals surface area contributed by atoms with E-state index in [9.17, 15) is 4.39 Å². The summed E-state index contributed by atoms with van der Waals surface area (Å²) in [5, 5.41) is 3.41. The van der Waals surface area contributed by atoms with Crippen LogP contribution in [0.15, 0.2) is 54.9 Å². The summed E-state index contributed by atoms with van der Waals surface area (Å²) in [5.74, 6) is 0.374. The van der Waals surface area contributed by atoms with E-state index in [1.54, 1.807) is 18.3 Å². The minimum atomic E-state index is -0.263. The second-order valence-electron chi connectivity index (χ2n) is 7.47. The summed E-state index contributed by atoms with van der Waals surface area (Å²) in [7, 11) is 0. The van der Waals surface area contributed by atoms with Crippen molar-refractivity contribution < 1.29 is 4.39 Å². The molecule has 3 aromatic heterocycles. The number of fused-ring (bicyclic) bond motifs is 1. The predicted octanol–water partition coefficient (Wildman–Crippen LogP) is 5.12. The maximum Gasteiger partial charge on any atom is 0.223 e. The molecule has 0 amide bonds. The van der Waals surface area contributed by atoms with Gasteiger partial charge in [-0.3, -0.25) is 4.40 Å².